The molecular weight excluding hydrogens is 276 g/mol. The molecule has 0 amide bonds. The van der Waals surface area contributed by atoms with Crippen molar-refractivity contribution in [3.8, 4) is 0 Å². The van der Waals surface area contributed by atoms with Crippen LogP contribution in [-0.2, 0) is 11.2 Å². The van der Waals surface area contributed by atoms with E-state index in [1.807, 2.05) is 24.4 Å². The molecule has 0 aliphatic carbocycles. The van der Waals surface area contributed by atoms with Crippen molar-refractivity contribution in [1.29, 1.82) is 0 Å². The summed E-state index contributed by atoms with van der Waals surface area (Å²) >= 11 is 0. The molecule has 0 spiro atoms. The molecule has 0 fully saturated rings. The van der Waals surface area contributed by atoms with Crippen LogP contribution in [0.1, 0.15) is 32.9 Å². The fourth-order valence-corrected chi connectivity index (χ4v) is 1.84. The minimum Gasteiger partial charge on any atom is -0.380 e. The van der Waals surface area contributed by atoms with Gasteiger partial charge in [0.05, 0.1) is 13.2 Å². The summed E-state index contributed by atoms with van der Waals surface area (Å²) in [6.45, 7) is 10.3. The Balaban J connectivity index is 2.21. The van der Waals surface area contributed by atoms with Crippen LogP contribution in [0.5, 0.6) is 0 Å². The molecule has 5 nitrogen and oxygen atoms in total. The third kappa shape index (κ3) is 9.34. The molecule has 0 aliphatic heterocycles. The third-order valence-corrected chi connectivity index (χ3v) is 3.09. The molecule has 0 aliphatic rings. The molecule has 1 aromatic rings. The van der Waals surface area contributed by atoms with Crippen molar-refractivity contribution in [3.05, 3.63) is 30.1 Å². The zero-order valence-electron chi connectivity index (χ0n) is 14.1. The smallest absolute Gasteiger partial charge is 0.191 e. The maximum Gasteiger partial charge on any atom is 0.191 e. The summed E-state index contributed by atoms with van der Waals surface area (Å²) in [7, 11) is 0. The highest BCUT2D eigenvalue weighted by molar-refractivity contribution is 5.79. The van der Waals surface area contributed by atoms with Crippen LogP contribution >= 0.6 is 0 Å². The molecule has 0 atom stereocenters. The number of aliphatic imine (C=N–C) groups is 1. The van der Waals surface area contributed by atoms with Crippen LogP contribution < -0.4 is 10.6 Å². The number of hydrogen-bond donors (Lipinski definition) is 2. The summed E-state index contributed by atoms with van der Waals surface area (Å²) in [6.07, 6.45) is 3.81. The Hall–Kier alpha value is -1.62. The fourth-order valence-electron chi connectivity index (χ4n) is 1.84. The van der Waals surface area contributed by atoms with Gasteiger partial charge in [0.2, 0.25) is 0 Å². The first-order valence-electron chi connectivity index (χ1n) is 8.22. The molecule has 5 heteroatoms. The molecule has 0 unspecified atom stereocenters. The number of guanidine groups is 1. The van der Waals surface area contributed by atoms with Gasteiger partial charge in [0.1, 0.15) is 0 Å². The molecule has 2 N–H and O–H groups in total. The first-order chi connectivity index (χ1) is 10.7. The van der Waals surface area contributed by atoms with Crippen LogP contribution in [-0.4, -0.2) is 43.8 Å². The molecule has 0 radical (unpaired) electrons. The maximum atomic E-state index is 5.57. The summed E-state index contributed by atoms with van der Waals surface area (Å²) in [4.78, 5) is 8.82. The first kappa shape index (κ1) is 18.4. The van der Waals surface area contributed by atoms with Gasteiger partial charge in [-0.2, -0.15) is 0 Å². The predicted octanol–water partition coefficient (Wildman–Crippen LogP) is 2.24. The lowest BCUT2D eigenvalue weighted by Crippen LogP contribution is -2.38. The SMILES string of the molecule is CCNC(=NCCOCCC(C)C)NCCc1ccccn1. The number of nitrogens with one attached hydrogen (secondary N) is 2. The van der Waals surface area contributed by atoms with Gasteiger partial charge in [-0.05, 0) is 31.4 Å². The van der Waals surface area contributed by atoms with E-state index in [1.54, 1.807) is 0 Å². The molecule has 22 heavy (non-hydrogen) atoms. The van der Waals surface area contributed by atoms with Crippen LogP contribution in [0.4, 0.5) is 0 Å². The van der Waals surface area contributed by atoms with Crippen molar-refractivity contribution < 1.29 is 4.74 Å². The van der Waals surface area contributed by atoms with Gasteiger partial charge < -0.3 is 15.4 Å². The normalized spacial score (nSPS) is 11.7. The molecule has 1 rings (SSSR count). The van der Waals surface area contributed by atoms with Gasteiger partial charge in [0, 0.05) is 38.0 Å². The van der Waals surface area contributed by atoms with Crippen molar-refractivity contribution in [3.63, 3.8) is 0 Å². The van der Waals surface area contributed by atoms with Crippen LogP contribution in [0.15, 0.2) is 29.4 Å². The number of hydrogen-bond acceptors (Lipinski definition) is 3. The summed E-state index contributed by atoms with van der Waals surface area (Å²) in [5.74, 6) is 1.53. The van der Waals surface area contributed by atoms with Crippen molar-refractivity contribution in [2.75, 3.05) is 32.8 Å². The average molecular weight is 306 g/mol. The van der Waals surface area contributed by atoms with E-state index in [2.05, 4.69) is 41.4 Å². The van der Waals surface area contributed by atoms with Gasteiger partial charge in [-0.25, -0.2) is 0 Å². The second-order valence-electron chi connectivity index (χ2n) is 5.55. The largest absolute Gasteiger partial charge is 0.380 e. The lowest BCUT2D eigenvalue weighted by molar-refractivity contribution is 0.130. The molecule has 0 saturated heterocycles. The molecule has 0 aromatic carbocycles. The summed E-state index contributed by atoms with van der Waals surface area (Å²) in [6, 6.07) is 5.98. The van der Waals surface area contributed by atoms with Gasteiger partial charge >= 0.3 is 0 Å². The van der Waals surface area contributed by atoms with E-state index in [4.69, 9.17) is 4.74 Å². The number of pyridine rings is 1. The topological polar surface area (TPSA) is 58.5 Å². The number of rotatable bonds is 10. The minimum atomic E-state index is 0.670. The third-order valence-electron chi connectivity index (χ3n) is 3.09. The van der Waals surface area contributed by atoms with E-state index in [0.29, 0.717) is 19.1 Å². The Morgan fingerprint density at radius 3 is 2.82 bits per heavy atom. The predicted molar refractivity (Wildman–Crippen MR) is 92.2 cm³/mol. The van der Waals surface area contributed by atoms with Gasteiger partial charge in [-0.15, -0.1) is 0 Å². The molecule has 0 saturated carbocycles. The fraction of sp³-hybridized carbons (Fsp3) is 0.647. The minimum absolute atomic E-state index is 0.670. The molecule has 0 bridgehead atoms. The van der Waals surface area contributed by atoms with Gasteiger partial charge in [0.25, 0.3) is 0 Å². The van der Waals surface area contributed by atoms with E-state index in [-0.39, 0.29) is 0 Å². The highest BCUT2D eigenvalue weighted by Gasteiger charge is 1.98. The zero-order chi connectivity index (χ0) is 16.0. The van der Waals surface area contributed by atoms with E-state index in [9.17, 15) is 0 Å². The Labute approximate surface area is 134 Å². The average Bonchev–Trinajstić information content (AvgIpc) is 2.51. The summed E-state index contributed by atoms with van der Waals surface area (Å²) < 4.78 is 5.57. The Kier molecular flexibility index (Phi) is 10.0. The molecule has 124 valence electrons. The van der Waals surface area contributed by atoms with E-state index in [1.165, 1.54) is 0 Å². The summed E-state index contributed by atoms with van der Waals surface area (Å²) in [5, 5.41) is 6.56. The van der Waals surface area contributed by atoms with E-state index < -0.39 is 0 Å². The first-order valence-corrected chi connectivity index (χ1v) is 8.22. The van der Waals surface area contributed by atoms with Crippen LogP contribution in [0.3, 0.4) is 0 Å². The highest BCUT2D eigenvalue weighted by atomic mass is 16.5. The molecule has 1 heterocycles. The van der Waals surface area contributed by atoms with Crippen molar-refractivity contribution >= 4 is 5.96 Å². The molecular formula is C17H30N4O. The van der Waals surface area contributed by atoms with Gasteiger partial charge in [0.15, 0.2) is 5.96 Å². The quantitative estimate of drug-likeness (QED) is 0.395. The number of aromatic nitrogens is 1. The Bertz CT molecular complexity index is 406. The van der Waals surface area contributed by atoms with Gasteiger partial charge in [-0.3, -0.25) is 9.98 Å². The Morgan fingerprint density at radius 2 is 2.14 bits per heavy atom. The van der Waals surface area contributed by atoms with Crippen molar-refractivity contribution in [2.24, 2.45) is 10.9 Å². The number of nitrogens with zero attached hydrogens (tertiary/aromatic N) is 2. The zero-order valence-corrected chi connectivity index (χ0v) is 14.1. The Morgan fingerprint density at radius 1 is 1.27 bits per heavy atom. The monoisotopic (exact) mass is 306 g/mol. The van der Waals surface area contributed by atoms with E-state index in [0.717, 1.165) is 44.2 Å². The summed E-state index contributed by atoms with van der Waals surface area (Å²) in [5.41, 5.74) is 1.09. The van der Waals surface area contributed by atoms with Crippen LogP contribution in [0.2, 0.25) is 0 Å². The van der Waals surface area contributed by atoms with Gasteiger partial charge in [-0.1, -0.05) is 19.9 Å². The maximum absolute atomic E-state index is 5.57. The van der Waals surface area contributed by atoms with Crippen LogP contribution in [0.25, 0.3) is 0 Å². The van der Waals surface area contributed by atoms with Crippen molar-refractivity contribution in [1.82, 2.24) is 15.6 Å². The second-order valence-corrected chi connectivity index (χ2v) is 5.55. The lowest BCUT2D eigenvalue weighted by Gasteiger charge is -2.11. The standard InChI is InChI=1S/C17H30N4O/c1-4-18-17(21-12-14-22-13-9-15(2)3)20-11-8-16-7-5-6-10-19-16/h5-7,10,15H,4,8-9,11-14H2,1-3H3,(H2,18,20,21). The highest BCUT2D eigenvalue weighted by Crippen LogP contribution is 1.98. The number of ether oxygens (including phenoxy) is 1. The van der Waals surface area contributed by atoms with Crippen LogP contribution in [0, 0.1) is 5.92 Å². The second kappa shape index (κ2) is 12.0. The molecule has 1 aromatic heterocycles. The van der Waals surface area contributed by atoms with E-state index >= 15 is 0 Å². The lowest BCUT2D eigenvalue weighted by atomic mass is 10.1. The van der Waals surface area contributed by atoms with Crippen molar-refractivity contribution in [2.45, 2.75) is 33.6 Å².